The van der Waals surface area contributed by atoms with Gasteiger partial charge in [-0.15, -0.1) is 0 Å². The predicted molar refractivity (Wildman–Crippen MR) is 209 cm³/mol. The van der Waals surface area contributed by atoms with Gasteiger partial charge in [0.1, 0.15) is 5.69 Å². The van der Waals surface area contributed by atoms with E-state index in [9.17, 15) is 9.59 Å². The third-order valence-corrected chi connectivity index (χ3v) is 11.7. The number of rotatable bonds is 12. The molecule has 3 N–H and O–H groups in total. The van der Waals surface area contributed by atoms with Gasteiger partial charge >= 0.3 is 0 Å². The Morgan fingerprint density at radius 2 is 1.63 bits per heavy atom. The molecule has 13 heteroatoms. The molecule has 4 aliphatic rings. The van der Waals surface area contributed by atoms with Gasteiger partial charge in [-0.05, 0) is 43.2 Å². The second-order valence-electron chi connectivity index (χ2n) is 15.4. The number of carbonyl (C=O) groups excluding carboxylic acids is 2. The maximum absolute atomic E-state index is 11.8. The predicted octanol–water partition coefficient (Wildman–Crippen LogP) is 6.54. The van der Waals surface area contributed by atoms with Gasteiger partial charge < -0.3 is 25.4 Å². The second kappa shape index (κ2) is 15.1. The van der Waals surface area contributed by atoms with Crippen LogP contribution in [0.3, 0.4) is 0 Å². The fourth-order valence-electron chi connectivity index (χ4n) is 8.24. The van der Waals surface area contributed by atoms with Crippen LogP contribution >= 0.6 is 23.2 Å². The molecular weight excluding hydrogens is 725 g/mol. The van der Waals surface area contributed by atoms with Crippen LogP contribution in [-0.4, -0.2) is 76.6 Å². The maximum Gasteiger partial charge on any atom is 0.237 e. The molecule has 4 aromatic rings. The van der Waals surface area contributed by atoms with Gasteiger partial charge in [0.2, 0.25) is 23.6 Å². The highest BCUT2D eigenvalue weighted by Gasteiger charge is 2.47. The summed E-state index contributed by atoms with van der Waals surface area (Å²) in [5.41, 5.74) is 7.24. The summed E-state index contributed by atoms with van der Waals surface area (Å²) in [6.45, 7) is 7.63. The van der Waals surface area contributed by atoms with Crippen molar-refractivity contribution in [3.63, 3.8) is 0 Å². The molecular formula is C41H45Cl2N7O4. The first-order valence-electron chi connectivity index (χ1n) is 18.8. The second-order valence-corrected chi connectivity index (χ2v) is 16.2. The summed E-state index contributed by atoms with van der Waals surface area (Å²) in [5, 5.41) is 10.9. The van der Waals surface area contributed by atoms with Crippen molar-refractivity contribution in [1.82, 2.24) is 35.8 Å². The van der Waals surface area contributed by atoms with Gasteiger partial charge in [0, 0.05) is 78.9 Å². The molecule has 3 aliphatic heterocycles. The first kappa shape index (κ1) is 36.7. The summed E-state index contributed by atoms with van der Waals surface area (Å²) >= 11 is 14.4. The Kier molecular flexibility index (Phi) is 10.3. The van der Waals surface area contributed by atoms with Crippen LogP contribution < -0.4 is 25.4 Å². The highest BCUT2D eigenvalue weighted by molar-refractivity contribution is 6.39. The van der Waals surface area contributed by atoms with Crippen LogP contribution in [-0.2, 0) is 22.6 Å². The first-order valence-corrected chi connectivity index (χ1v) is 19.6. The van der Waals surface area contributed by atoms with Crippen molar-refractivity contribution in [1.29, 1.82) is 0 Å². The number of fused-ring (bicyclic) bond motifs is 1. The van der Waals surface area contributed by atoms with Crippen molar-refractivity contribution in [2.24, 2.45) is 5.92 Å². The van der Waals surface area contributed by atoms with Crippen molar-refractivity contribution in [3.8, 4) is 45.4 Å². The molecule has 0 bridgehead atoms. The number of carbonyl (C=O) groups is 2. The molecule has 2 amide bonds. The summed E-state index contributed by atoms with van der Waals surface area (Å²) in [4.78, 5) is 40.5. The maximum atomic E-state index is 11.8. The molecule has 2 aromatic carbocycles. The number of methoxy groups -OCH3 is 1. The van der Waals surface area contributed by atoms with Crippen LogP contribution in [0.15, 0.2) is 48.7 Å². The third-order valence-electron chi connectivity index (χ3n) is 10.9. The molecule has 2 aromatic heterocycles. The number of ether oxygens (including phenoxy) is 2. The number of halogens is 2. The minimum absolute atomic E-state index is 0.0874. The highest BCUT2D eigenvalue weighted by Crippen LogP contribution is 2.45. The minimum atomic E-state index is -0.109. The molecule has 2 unspecified atom stereocenters. The standard InChI is InChI=1S/C41H45Cl2N7O4/c1-23(2)20-54-40-36-24(10-12-30(36)44-17-25-11-13-34(51)46-25)16-31(47-40)28-8-4-6-26(37(28)42)27-7-5-9-29(38(27)43)32-18-45-33(39(48-32)53-3)19-50-21-41(22-50)15-14-35(52)49-41/h4-9,16,18,23,25,30,44H,10-15,17,19-22H2,1-3H3,(H,46,51)(H,49,52). The van der Waals surface area contributed by atoms with Gasteiger partial charge in [-0.1, -0.05) is 73.4 Å². The van der Waals surface area contributed by atoms with Crippen molar-refractivity contribution in [2.45, 2.75) is 76.5 Å². The summed E-state index contributed by atoms with van der Waals surface area (Å²) in [6, 6.07) is 14.1. The summed E-state index contributed by atoms with van der Waals surface area (Å²) in [5.74, 6) is 1.62. The number of benzene rings is 2. The molecule has 1 spiro atoms. The van der Waals surface area contributed by atoms with E-state index in [0.717, 1.165) is 72.4 Å². The van der Waals surface area contributed by atoms with Crippen LogP contribution in [0.4, 0.5) is 0 Å². The number of pyridine rings is 1. The quantitative estimate of drug-likeness (QED) is 0.147. The van der Waals surface area contributed by atoms with E-state index in [1.165, 1.54) is 5.56 Å². The van der Waals surface area contributed by atoms with Gasteiger partial charge in [-0.3, -0.25) is 19.5 Å². The molecule has 54 heavy (non-hydrogen) atoms. The molecule has 0 saturated carbocycles. The number of nitrogens with one attached hydrogen (secondary N) is 3. The Morgan fingerprint density at radius 3 is 2.28 bits per heavy atom. The Morgan fingerprint density at radius 1 is 0.926 bits per heavy atom. The monoisotopic (exact) mass is 769 g/mol. The van der Waals surface area contributed by atoms with Crippen molar-refractivity contribution >= 4 is 35.0 Å². The van der Waals surface area contributed by atoms with Gasteiger partial charge in [-0.2, -0.15) is 0 Å². The Hall–Kier alpha value is -4.29. The van der Waals surface area contributed by atoms with Crippen LogP contribution in [0.25, 0.3) is 33.6 Å². The number of hydrogen-bond acceptors (Lipinski definition) is 9. The number of nitrogens with zero attached hydrogens (tertiary/aromatic N) is 4. The zero-order valence-corrected chi connectivity index (χ0v) is 32.3. The highest BCUT2D eigenvalue weighted by atomic mass is 35.5. The van der Waals surface area contributed by atoms with E-state index < -0.39 is 0 Å². The summed E-state index contributed by atoms with van der Waals surface area (Å²) in [6.07, 6.45) is 6.40. The Bertz CT molecular complexity index is 2100. The first-order chi connectivity index (χ1) is 26.1. The molecule has 5 heterocycles. The lowest BCUT2D eigenvalue weighted by Crippen LogP contribution is -2.66. The largest absolute Gasteiger partial charge is 0.480 e. The van der Waals surface area contributed by atoms with E-state index in [2.05, 4.69) is 40.8 Å². The lowest BCUT2D eigenvalue weighted by atomic mass is 9.88. The lowest BCUT2D eigenvalue weighted by molar-refractivity contribution is -0.121. The van der Waals surface area contributed by atoms with E-state index in [4.69, 9.17) is 47.6 Å². The molecule has 3 fully saturated rings. The van der Waals surface area contributed by atoms with Gasteiger partial charge in [0.05, 0.1) is 46.9 Å². The molecule has 11 nitrogen and oxygen atoms in total. The molecule has 3 saturated heterocycles. The fourth-order valence-corrected chi connectivity index (χ4v) is 8.89. The smallest absolute Gasteiger partial charge is 0.237 e. The lowest BCUT2D eigenvalue weighted by Gasteiger charge is -2.47. The fraction of sp³-hybridized carbons (Fsp3) is 0.439. The van der Waals surface area contributed by atoms with Crippen molar-refractivity contribution in [2.75, 3.05) is 33.4 Å². The number of aromatic nitrogens is 3. The molecule has 8 rings (SSSR count). The van der Waals surface area contributed by atoms with Crippen LogP contribution in [0, 0.1) is 5.92 Å². The topological polar surface area (TPSA) is 131 Å². The van der Waals surface area contributed by atoms with E-state index in [1.54, 1.807) is 13.3 Å². The van der Waals surface area contributed by atoms with Gasteiger partial charge in [-0.25, -0.2) is 9.97 Å². The minimum Gasteiger partial charge on any atom is -0.480 e. The number of hydrogen-bond donors (Lipinski definition) is 3. The SMILES string of the molecule is COc1nc(-c2cccc(-c3cccc(-c4cc5c(c(OCC(C)C)n4)C(NCC4CCC(=O)N4)CC5)c3Cl)c2Cl)cnc1CN1CC2(CCC(=O)N2)C1. The van der Waals surface area contributed by atoms with E-state index in [0.29, 0.717) is 71.5 Å². The number of amides is 2. The molecule has 282 valence electrons. The van der Waals surface area contributed by atoms with Crippen LogP contribution in [0.5, 0.6) is 11.8 Å². The zero-order chi connectivity index (χ0) is 37.6. The normalized spacial score (nSPS) is 20.3. The van der Waals surface area contributed by atoms with Gasteiger partial charge in [0.25, 0.3) is 0 Å². The molecule has 2 atom stereocenters. The van der Waals surface area contributed by atoms with Crippen molar-refractivity contribution < 1.29 is 19.1 Å². The Labute approximate surface area is 325 Å². The summed E-state index contributed by atoms with van der Waals surface area (Å²) in [7, 11) is 1.59. The van der Waals surface area contributed by atoms with Crippen LogP contribution in [0.2, 0.25) is 10.0 Å². The molecule has 0 radical (unpaired) electrons. The Balaban J connectivity index is 1.06. The van der Waals surface area contributed by atoms with Crippen LogP contribution in [0.1, 0.15) is 68.8 Å². The van der Waals surface area contributed by atoms with E-state index in [-0.39, 0.29) is 29.4 Å². The van der Waals surface area contributed by atoms with E-state index >= 15 is 0 Å². The zero-order valence-electron chi connectivity index (χ0n) is 30.8. The van der Waals surface area contributed by atoms with Crippen molar-refractivity contribution in [3.05, 3.63) is 75.5 Å². The number of likely N-dealkylation sites (tertiary alicyclic amines) is 1. The number of aryl methyl sites for hydroxylation is 1. The third kappa shape index (κ3) is 7.26. The van der Waals surface area contributed by atoms with E-state index in [1.807, 2.05) is 36.4 Å². The average molecular weight is 771 g/mol. The summed E-state index contributed by atoms with van der Waals surface area (Å²) < 4.78 is 12.1. The molecule has 1 aliphatic carbocycles. The van der Waals surface area contributed by atoms with Gasteiger partial charge in [0.15, 0.2) is 0 Å². The average Bonchev–Trinajstić information content (AvgIpc) is 3.88.